The third kappa shape index (κ3) is 5.10. The number of carbonyl (C=O) groups excluding carboxylic acids is 2. The van der Waals surface area contributed by atoms with Crippen LogP contribution >= 0.6 is 12.4 Å². The number of alkyl halides is 3. The fourth-order valence-electron chi connectivity index (χ4n) is 2.43. The van der Waals surface area contributed by atoms with E-state index in [1.165, 1.54) is 0 Å². The molecule has 3 N–H and O–H groups in total. The van der Waals surface area contributed by atoms with Crippen LogP contribution in [0.1, 0.15) is 23.6 Å². The molecule has 24 heavy (non-hydrogen) atoms. The Labute approximate surface area is 143 Å². The number of amides is 2. The molecule has 1 aromatic rings. The van der Waals surface area contributed by atoms with E-state index < -0.39 is 36.6 Å². The van der Waals surface area contributed by atoms with Crippen LogP contribution in [-0.4, -0.2) is 42.0 Å². The molecule has 0 saturated carbocycles. The Balaban J connectivity index is 0.00000288. The Morgan fingerprint density at radius 3 is 2.50 bits per heavy atom. The molecule has 1 fully saturated rings. The Bertz CT molecular complexity index is 593. The molecule has 0 bridgehead atoms. The highest BCUT2D eigenvalue weighted by Crippen LogP contribution is 2.21. The van der Waals surface area contributed by atoms with E-state index in [1.54, 1.807) is 24.3 Å². The van der Waals surface area contributed by atoms with Gasteiger partial charge in [0.15, 0.2) is 0 Å². The van der Waals surface area contributed by atoms with Crippen LogP contribution < -0.4 is 11.1 Å². The van der Waals surface area contributed by atoms with Crippen LogP contribution in [0.5, 0.6) is 0 Å². The van der Waals surface area contributed by atoms with Gasteiger partial charge in [0.05, 0.1) is 0 Å². The lowest BCUT2D eigenvalue weighted by molar-refractivity contribution is -0.158. The Hall–Kier alpha value is -1.80. The second kappa shape index (κ2) is 7.85. The van der Waals surface area contributed by atoms with Gasteiger partial charge >= 0.3 is 6.18 Å². The first kappa shape index (κ1) is 20.2. The van der Waals surface area contributed by atoms with Crippen molar-refractivity contribution in [2.24, 2.45) is 5.73 Å². The summed E-state index contributed by atoms with van der Waals surface area (Å²) in [4.78, 5) is 24.7. The van der Waals surface area contributed by atoms with Gasteiger partial charge in [-0.1, -0.05) is 29.8 Å². The van der Waals surface area contributed by atoms with E-state index in [-0.39, 0.29) is 25.4 Å². The number of likely N-dealkylation sites (tertiary alicyclic amines) is 1. The smallest absolute Gasteiger partial charge is 0.343 e. The molecule has 9 heteroatoms. The number of aryl methyl sites for hydroxylation is 1. The molecule has 0 aromatic heterocycles. The van der Waals surface area contributed by atoms with Gasteiger partial charge in [0.1, 0.15) is 18.6 Å². The fourth-order valence-corrected chi connectivity index (χ4v) is 2.43. The SMILES string of the molecule is Cc1ccc(C(N)C(=O)NC2CCN(CC(F)(F)F)C2=O)cc1.Cl. The molecule has 2 rings (SSSR count). The third-order valence-electron chi connectivity index (χ3n) is 3.70. The average Bonchev–Trinajstić information content (AvgIpc) is 2.78. The first-order chi connectivity index (χ1) is 10.7. The number of carbonyl (C=O) groups is 2. The molecule has 2 unspecified atom stereocenters. The van der Waals surface area contributed by atoms with Gasteiger partial charge in [0, 0.05) is 6.54 Å². The van der Waals surface area contributed by atoms with Crippen LogP contribution in [0.4, 0.5) is 13.2 Å². The summed E-state index contributed by atoms with van der Waals surface area (Å²) in [7, 11) is 0. The number of nitrogens with zero attached hydrogens (tertiary/aromatic N) is 1. The predicted octanol–water partition coefficient (Wildman–Crippen LogP) is 1.70. The minimum absolute atomic E-state index is 0. The number of halogens is 4. The Morgan fingerprint density at radius 2 is 1.96 bits per heavy atom. The molecule has 5 nitrogen and oxygen atoms in total. The zero-order valence-corrected chi connectivity index (χ0v) is 13.8. The van der Waals surface area contributed by atoms with Gasteiger partial charge in [-0.3, -0.25) is 9.59 Å². The summed E-state index contributed by atoms with van der Waals surface area (Å²) < 4.78 is 37.1. The van der Waals surface area contributed by atoms with Crippen molar-refractivity contribution in [3.8, 4) is 0 Å². The predicted molar refractivity (Wildman–Crippen MR) is 84.5 cm³/mol. The van der Waals surface area contributed by atoms with Crippen LogP contribution in [-0.2, 0) is 9.59 Å². The van der Waals surface area contributed by atoms with Gasteiger partial charge in [-0.15, -0.1) is 12.4 Å². The molecule has 1 aliphatic rings. The Morgan fingerprint density at radius 1 is 1.38 bits per heavy atom. The topological polar surface area (TPSA) is 75.4 Å². The highest BCUT2D eigenvalue weighted by molar-refractivity contribution is 5.91. The quantitative estimate of drug-likeness (QED) is 0.852. The fraction of sp³-hybridized carbons (Fsp3) is 0.467. The zero-order chi connectivity index (χ0) is 17.2. The highest BCUT2D eigenvalue weighted by Gasteiger charge is 2.40. The lowest BCUT2D eigenvalue weighted by Gasteiger charge is -2.19. The van der Waals surface area contributed by atoms with Gasteiger partial charge in [-0.2, -0.15) is 13.2 Å². The molecule has 0 aliphatic carbocycles. The molecule has 134 valence electrons. The van der Waals surface area contributed by atoms with Crippen LogP contribution in [0.2, 0.25) is 0 Å². The molecular formula is C15H19ClF3N3O2. The summed E-state index contributed by atoms with van der Waals surface area (Å²) in [5.41, 5.74) is 7.42. The molecule has 1 aromatic carbocycles. The first-order valence-electron chi connectivity index (χ1n) is 7.15. The van der Waals surface area contributed by atoms with E-state index in [4.69, 9.17) is 5.73 Å². The van der Waals surface area contributed by atoms with E-state index >= 15 is 0 Å². The highest BCUT2D eigenvalue weighted by atomic mass is 35.5. The van der Waals surface area contributed by atoms with Gasteiger partial charge in [0.25, 0.3) is 0 Å². The van der Waals surface area contributed by atoms with Gasteiger partial charge < -0.3 is 16.0 Å². The number of rotatable bonds is 4. The summed E-state index contributed by atoms with van der Waals surface area (Å²) >= 11 is 0. The molecule has 0 spiro atoms. The second-order valence-corrected chi connectivity index (χ2v) is 5.61. The summed E-state index contributed by atoms with van der Waals surface area (Å²) in [5, 5.41) is 2.43. The van der Waals surface area contributed by atoms with E-state index in [0.29, 0.717) is 10.5 Å². The summed E-state index contributed by atoms with van der Waals surface area (Å²) in [6.45, 7) is 0.549. The maximum absolute atomic E-state index is 12.4. The van der Waals surface area contributed by atoms with Crippen molar-refractivity contribution in [3.63, 3.8) is 0 Å². The van der Waals surface area contributed by atoms with Crippen LogP contribution in [0.25, 0.3) is 0 Å². The standard InChI is InChI=1S/C15H18F3N3O2.ClH/c1-9-2-4-10(5-3-9)12(19)13(22)20-11-6-7-21(14(11)23)8-15(16,17)18;/h2-5,11-12H,6-8,19H2,1H3,(H,20,22);1H. The number of nitrogens with two attached hydrogens (primary N) is 1. The van der Waals surface area contributed by atoms with E-state index in [2.05, 4.69) is 5.32 Å². The van der Waals surface area contributed by atoms with Crippen LogP contribution in [0.15, 0.2) is 24.3 Å². The van der Waals surface area contributed by atoms with Crippen LogP contribution in [0, 0.1) is 6.92 Å². The largest absolute Gasteiger partial charge is 0.406 e. The average molecular weight is 366 g/mol. The van der Waals surface area contributed by atoms with Crippen molar-refractivity contribution in [1.82, 2.24) is 10.2 Å². The molecule has 0 radical (unpaired) electrons. The van der Waals surface area contributed by atoms with E-state index in [1.807, 2.05) is 6.92 Å². The minimum atomic E-state index is -4.45. The van der Waals surface area contributed by atoms with Crippen molar-refractivity contribution in [1.29, 1.82) is 0 Å². The van der Waals surface area contributed by atoms with Gasteiger partial charge in [-0.25, -0.2) is 0 Å². The van der Waals surface area contributed by atoms with E-state index in [9.17, 15) is 22.8 Å². The van der Waals surface area contributed by atoms with Crippen molar-refractivity contribution in [2.75, 3.05) is 13.1 Å². The van der Waals surface area contributed by atoms with Gasteiger partial charge in [0.2, 0.25) is 11.8 Å². The molecular weight excluding hydrogens is 347 g/mol. The van der Waals surface area contributed by atoms with Gasteiger partial charge in [-0.05, 0) is 18.9 Å². The normalized spacial score (nSPS) is 19.0. The molecule has 2 atom stereocenters. The molecule has 1 heterocycles. The zero-order valence-electron chi connectivity index (χ0n) is 13.0. The first-order valence-corrected chi connectivity index (χ1v) is 7.15. The monoisotopic (exact) mass is 365 g/mol. The number of nitrogens with one attached hydrogen (secondary N) is 1. The van der Waals surface area contributed by atoms with Crippen LogP contribution in [0.3, 0.4) is 0 Å². The maximum Gasteiger partial charge on any atom is 0.406 e. The second-order valence-electron chi connectivity index (χ2n) is 5.61. The lowest BCUT2D eigenvalue weighted by Crippen LogP contribution is -2.46. The van der Waals surface area contributed by atoms with Crippen molar-refractivity contribution >= 4 is 24.2 Å². The van der Waals surface area contributed by atoms with Crippen molar-refractivity contribution < 1.29 is 22.8 Å². The number of hydrogen-bond donors (Lipinski definition) is 2. The minimum Gasteiger partial charge on any atom is -0.343 e. The summed E-state index contributed by atoms with van der Waals surface area (Å²) in [6, 6.07) is 5.07. The number of benzene rings is 1. The summed E-state index contributed by atoms with van der Waals surface area (Å²) in [6.07, 6.45) is -4.31. The third-order valence-corrected chi connectivity index (χ3v) is 3.70. The van der Waals surface area contributed by atoms with Crippen molar-refractivity contribution in [2.45, 2.75) is 31.6 Å². The Kier molecular flexibility index (Phi) is 6.62. The molecule has 1 aliphatic heterocycles. The number of hydrogen-bond acceptors (Lipinski definition) is 3. The van der Waals surface area contributed by atoms with Crippen molar-refractivity contribution in [3.05, 3.63) is 35.4 Å². The maximum atomic E-state index is 12.4. The molecule has 2 amide bonds. The lowest BCUT2D eigenvalue weighted by atomic mass is 10.0. The van der Waals surface area contributed by atoms with E-state index in [0.717, 1.165) is 5.56 Å². The molecule has 1 saturated heterocycles. The summed E-state index contributed by atoms with van der Waals surface area (Å²) in [5.74, 6) is -1.31.